The van der Waals surface area contributed by atoms with Crippen LogP contribution in [0.1, 0.15) is 38.1 Å². The number of carbonyl (C=O) groups excluding carboxylic acids is 1. The lowest BCUT2D eigenvalue weighted by atomic mass is 9.92. The van der Waals surface area contributed by atoms with Crippen LogP contribution < -0.4 is 5.32 Å². The van der Waals surface area contributed by atoms with E-state index in [1.807, 2.05) is 0 Å². The van der Waals surface area contributed by atoms with Gasteiger partial charge in [-0.3, -0.25) is 19.4 Å². The van der Waals surface area contributed by atoms with E-state index in [1.54, 1.807) is 10.9 Å². The highest BCUT2D eigenvalue weighted by molar-refractivity contribution is 7.92. The topological polar surface area (TPSA) is 129 Å². The number of hydrogen-bond donors (Lipinski definition) is 1. The molecule has 32 heavy (non-hydrogen) atoms. The minimum absolute atomic E-state index is 0.183. The fraction of sp³-hybridized carbons (Fsp3) is 0.476. The average Bonchev–Trinajstić information content (AvgIpc) is 3.59. The Labute approximate surface area is 185 Å². The molecular formula is C21H24N6O4S. The van der Waals surface area contributed by atoms with Crippen molar-refractivity contribution in [2.75, 3.05) is 18.5 Å². The lowest BCUT2D eigenvalue weighted by molar-refractivity contribution is -0.120. The largest absolute Gasteiger partial charge is 0.381 e. The number of aromatic nitrogens is 5. The molecule has 1 aliphatic heterocycles. The van der Waals surface area contributed by atoms with E-state index in [0.717, 1.165) is 12.8 Å². The lowest BCUT2D eigenvalue weighted by Gasteiger charge is -2.26. The standard InChI is InChI=1S/C21H24N6O4S/c28-21(26-20-13-22-5-6-24-20)17(9-14-3-7-31-8-4-14)27-18-11-23-12-19(16(18)10-25-27)32(29,30)15-1-2-15/h5-6,10-15,17H,1-4,7-9H2,(H,24,26,28). The maximum Gasteiger partial charge on any atom is 0.250 e. The van der Waals surface area contributed by atoms with Crippen molar-refractivity contribution in [3.05, 3.63) is 37.2 Å². The summed E-state index contributed by atoms with van der Waals surface area (Å²) in [6.45, 7) is 1.32. The van der Waals surface area contributed by atoms with Crippen molar-refractivity contribution in [2.45, 2.75) is 48.3 Å². The molecule has 0 spiro atoms. The normalized spacial score (nSPS) is 18.5. The molecule has 5 rings (SSSR count). The zero-order valence-corrected chi connectivity index (χ0v) is 18.2. The molecule has 0 aromatic carbocycles. The molecule has 1 amide bonds. The van der Waals surface area contributed by atoms with Gasteiger partial charge in [-0.1, -0.05) is 0 Å². The first kappa shape index (κ1) is 21.0. The second kappa shape index (κ2) is 8.55. The molecule has 2 fully saturated rings. The SMILES string of the molecule is O=C(Nc1cnccn1)C(CC1CCOCC1)n1ncc2c(S(=O)(=O)C3CC3)cncc21. The molecule has 3 aromatic heterocycles. The molecule has 4 heterocycles. The average molecular weight is 457 g/mol. The van der Waals surface area contributed by atoms with E-state index in [1.165, 1.54) is 31.0 Å². The van der Waals surface area contributed by atoms with E-state index in [0.29, 0.717) is 49.2 Å². The van der Waals surface area contributed by atoms with Gasteiger partial charge in [0.1, 0.15) is 6.04 Å². The van der Waals surface area contributed by atoms with Crippen molar-refractivity contribution < 1.29 is 17.9 Å². The first-order chi connectivity index (χ1) is 15.5. The summed E-state index contributed by atoms with van der Waals surface area (Å²) in [5.74, 6) is 0.352. The van der Waals surface area contributed by atoms with Crippen LogP contribution in [0, 0.1) is 5.92 Å². The first-order valence-corrected chi connectivity index (χ1v) is 12.3. The third-order valence-electron chi connectivity index (χ3n) is 6.07. The van der Waals surface area contributed by atoms with Gasteiger partial charge in [0.15, 0.2) is 15.7 Å². The van der Waals surface area contributed by atoms with Crippen LogP contribution in [0.15, 0.2) is 42.1 Å². The van der Waals surface area contributed by atoms with Gasteiger partial charge in [-0.05, 0) is 38.0 Å². The number of sulfone groups is 1. The van der Waals surface area contributed by atoms with Crippen molar-refractivity contribution in [1.29, 1.82) is 0 Å². The van der Waals surface area contributed by atoms with Gasteiger partial charge in [-0.2, -0.15) is 5.10 Å². The third kappa shape index (κ3) is 4.09. The van der Waals surface area contributed by atoms with Crippen LogP contribution in [0.4, 0.5) is 5.82 Å². The fourth-order valence-corrected chi connectivity index (χ4v) is 5.94. The Balaban J connectivity index is 1.52. The Bertz CT molecular complexity index is 1220. The van der Waals surface area contributed by atoms with Crippen molar-refractivity contribution >= 4 is 32.5 Å². The van der Waals surface area contributed by atoms with E-state index < -0.39 is 15.9 Å². The number of fused-ring (bicyclic) bond motifs is 1. The number of pyridine rings is 1. The van der Waals surface area contributed by atoms with Gasteiger partial charge >= 0.3 is 0 Å². The van der Waals surface area contributed by atoms with E-state index in [-0.39, 0.29) is 22.0 Å². The predicted molar refractivity (Wildman–Crippen MR) is 116 cm³/mol. The zero-order valence-electron chi connectivity index (χ0n) is 17.4. The summed E-state index contributed by atoms with van der Waals surface area (Å²) in [6, 6.07) is -0.654. The predicted octanol–water partition coefficient (Wildman–Crippen LogP) is 2.15. The molecule has 1 unspecified atom stereocenters. The summed E-state index contributed by atoms with van der Waals surface area (Å²) in [5, 5.41) is 7.42. The van der Waals surface area contributed by atoms with Gasteiger partial charge < -0.3 is 10.1 Å². The molecule has 1 saturated heterocycles. The van der Waals surface area contributed by atoms with Crippen molar-refractivity contribution in [1.82, 2.24) is 24.7 Å². The molecule has 1 atom stereocenters. The number of nitrogens with one attached hydrogen (secondary N) is 1. The Kier molecular flexibility index (Phi) is 5.60. The van der Waals surface area contributed by atoms with E-state index in [2.05, 4.69) is 25.4 Å². The van der Waals surface area contributed by atoms with Crippen LogP contribution in [0.2, 0.25) is 0 Å². The lowest BCUT2D eigenvalue weighted by Crippen LogP contribution is -2.30. The summed E-state index contributed by atoms with van der Waals surface area (Å²) < 4.78 is 32.8. The zero-order chi connectivity index (χ0) is 22.1. The summed E-state index contributed by atoms with van der Waals surface area (Å²) in [6.07, 6.45) is 12.6. The quantitative estimate of drug-likeness (QED) is 0.573. The van der Waals surface area contributed by atoms with Gasteiger partial charge in [0.05, 0.1) is 34.3 Å². The minimum atomic E-state index is -3.45. The molecular weight excluding hydrogens is 432 g/mol. The Morgan fingerprint density at radius 3 is 2.62 bits per heavy atom. The van der Waals surface area contributed by atoms with Crippen LogP contribution >= 0.6 is 0 Å². The summed E-state index contributed by atoms with van der Waals surface area (Å²) in [7, 11) is -3.45. The monoisotopic (exact) mass is 456 g/mol. The molecule has 3 aromatic rings. The number of hydrogen-bond acceptors (Lipinski definition) is 8. The molecule has 0 radical (unpaired) electrons. The van der Waals surface area contributed by atoms with Gasteiger partial charge in [0.25, 0.3) is 0 Å². The molecule has 168 valence electrons. The molecule has 2 aliphatic rings. The highest BCUT2D eigenvalue weighted by atomic mass is 32.2. The fourth-order valence-electron chi connectivity index (χ4n) is 4.16. The number of carbonyl (C=O) groups is 1. The molecule has 11 heteroatoms. The minimum Gasteiger partial charge on any atom is -0.381 e. The van der Waals surface area contributed by atoms with Gasteiger partial charge in [-0.15, -0.1) is 0 Å². The Morgan fingerprint density at radius 2 is 1.91 bits per heavy atom. The number of anilines is 1. The van der Waals surface area contributed by atoms with Crippen LogP contribution in [0.25, 0.3) is 10.9 Å². The summed E-state index contributed by atoms with van der Waals surface area (Å²) in [5.41, 5.74) is 0.526. The maximum atomic E-state index is 13.3. The van der Waals surface area contributed by atoms with Gasteiger partial charge in [0, 0.05) is 37.2 Å². The Hall–Kier alpha value is -2.92. The number of rotatable bonds is 7. The Morgan fingerprint density at radius 1 is 1.09 bits per heavy atom. The van der Waals surface area contributed by atoms with Gasteiger partial charge in [0.2, 0.25) is 5.91 Å². The smallest absolute Gasteiger partial charge is 0.250 e. The van der Waals surface area contributed by atoms with E-state index in [9.17, 15) is 13.2 Å². The van der Waals surface area contributed by atoms with Crippen molar-refractivity contribution in [2.24, 2.45) is 5.92 Å². The molecule has 1 saturated carbocycles. The molecule has 1 N–H and O–H groups in total. The van der Waals surface area contributed by atoms with E-state index in [4.69, 9.17) is 4.74 Å². The van der Waals surface area contributed by atoms with Crippen LogP contribution in [0.5, 0.6) is 0 Å². The second-order valence-electron chi connectivity index (χ2n) is 8.29. The van der Waals surface area contributed by atoms with Crippen LogP contribution in [0.3, 0.4) is 0 Å². The van der Waals surface area contributed by atoms with Crippen molar-refractivity contribution in [3.8, 4) is 0 Å². The summed E-state index contributed by atoms with van der Waals surface area (Å²) in [4.78, 5) is 25.8. The highest BCUT2D eigenvalue weighted by Crippen LogP contribution is 2.37. The van der Waals surface area contributed by atoms with Crippen LogP contribution in [-0.4, -0.2) is 57.5 Å². The van der Waals surface area contributed by atoms with Crippen molar-refractivity contribution in [3.63, 3.8) is 0 Å². The highest BCUT2D eigenvalue weighted by Gasteiger charge is 2.39. The molecule has 0 bridgehead atoms. The molecule has 1 aliphatic carbocycles. The summed E-state index contributed by atoms with van der Waals surface area (Å²) >= 11 is 0. The maximum absolute atomic E-state index is 13.3. The third-order valence-corrected chi connectivity index (χ3v) is 8.36. The van der Waals surface area contributed by atoms with Gasteiger partial charge in [-0.25, -0.2) is 13.4 Å². The first-order valence-electron chi connectivity index (χ1n) is 10.7. The van der Waals surface area contributed by atoms with Crippen LogP contribution in [-0.2, 0) is 19.4 Å². The molecule has 10 nitrogen and oxygen atoms in total. The van der Waals surface area contributed by atoms with E-state index >= 15 is 0 Å². The number of amides is 1. The second-order valence-corrected chi connectivity index (χ2v) is 10.5. The number of ether oxygens (including phenoxy) is 1. The number of nitrogens with zero attached hydrogens (tertiary/aromatic N) is 5.